The Hall–Kier alpha value is -3.49. The van der Waals surface area contributed by atoms with Crippen molar-refractivity contribution in [3.8, 4) is 17.1 Å². The number of carbonyl (C=O) groups excluding carboxylic acids is 1. The van der Waals surface area contributed by atoms with E-state index in [1.54, 1.807) is 22.8 Å². The fraction of sp³-hybridized carbons (Fsp3) is 0.250. The first-order valence-electron chi connectivity index (χ1n) is 12.0. The number of aryl methyl sites for hydroxylation is 1. The number of nitrogens with zero attached hydrogens (tertiary/aromatic N) is 5. The van der Waals surface area contributed by atoms with Crippen LogP contribution < -0.4 is 0 Å². The van der Waals surface area contributed by atoms with Crippen LogP contribution in [0.3, 0.4) is 0 Å². The van der Waals surface area contributed by atoms with E-state index in [-0.39, 0.29) is 11.7 Å². The lowest BCUT2D eigenvalue weighted by Crippen LogP contribution is -2.47. The van der Waals surface area contributed by atoms with E-state index in [4.69, 9.17) is 0 Å². The average molecular weight is 502 g/mol. The van der Waals surface area contributed by atoms with Gasteiger partial charge >= 0.3 is 0 Å². The van der Waals surface area contributed by atoms with Gasteiger partial charge in [-0.1, -0.05) is 65.9 Å². The van der Waals surface area contributed by atoms with Crippen molar-refractivity contribution in [2.75, 3.05) is 33.2 Å². The quantitative estimate of drug-likeness (QED) is 0.346. The molecule has 1 aliphatic rings. The maximum atomic E-state index is 14.9. The van der Waals surface area contributed by atoms with Gasteiger partial charge in [-0.2, -0.15) is 0 Å². The van der Waals surface area contributed by atoms with Crippen LogP contribution in [0.2, 0.25) is 0 Å². The number of halogens is 1. The summed E-state index contributed by atoms with van der Waals surface area (Å²) in [5.41, 5.74) is 4.09. The van der Waals surface area contributed by atoms with Crippen LogP contribution >= 0.6 is 11.8 Å². The molecule has 0 unspecified atom stereocenters. The summed E-state index contributed by atoms with van der Waals surface area (Å²) in [7, 11) is 2.07. The molecule has 8 heteroatoms. The first kappa shape index (κ1) is 24.2. The van der Waals surface area contributed by atoms with Gasteiger partial charge in [-0.05, 0) is 43.8 Å². The van der Waals surface area contributed by atoms with Crippen molar-refractivity contribution >= 4 is 17.7 Å². The average Bonchev–Trinajstić information content (AvgIpc) is 3.32. The molecule has 1 aromatic heterocycles. The molecule has 1 aliphatic heterocycles. The molecule has 0 saturated carbocycles. The number of aromatic nitrogens is 3. The summed E-state index contributed by atoms with van der Waals surface area (Å²) in [4.78, 5) is 17.2. The van der Waals surface area contributed by atoms with Crippen LogP contribution in [0.5, 0.6) is 0 Å². The molecule has 1 amide bonds. The number of hydrogen-bond acceptors (Lipinski definition) is 5. The highest BCUT2D eigenvalue weighted by atomic mass is 32.2. The smallest absolute Gasteiger partial charge is 0.253 e. The topological polar surface area (TPSA) is 54.3 Å². The van der Waals surface area contributed by atoms with E-state index in [0.29, 0.717) is 28.0 Å². The summed E-state index contributed by atoms with van der Waals surface area (Å²) in [5, 5.41) is 9.42. The highest BCUT2D eigenvalue weighted by Gasteiger charge is 2.21. The van der Waals surface area contributed by atoms with Crippen LogP contribution in [-0.2, 0) is 5.75 Å². The lowest BCUT2D eigenvalue weighted by atomic mass is 10.1. The summed E-state index contributed by atoms with van der Waals surface area (Å²) in [6.45, 7) is 5.27. The highest BCUT2D eigenvalue weighted by molar-refractivity contribution is 7.98. The van der Waals surface area contributed by atoms with Crippen molar-refractivity contribution in [3.63, 3.8) is 0 Å². The molecule has 0 radical (unpaired) electrons. The van der Waals surface area contributed by atoms with E-state index in [1.165, 1.54) is 17.8 Å². The van der Waals surface area contributed by atoms with Gasteiger partial charge < -0.3 is 9.80 Å². The molecule has 0 aliphatic carbocycles. The molecule has 184 valence electrons. The number of para-hydroxylation sites is 1. The van der Waals surface area contributed by atoms with E-state index < -0.39 is 0 Å². The SMILES string of the molecule is Cc1ccc(-c2nnc(SCc3cccc(C(=O)N4CCN(C)CC4)c3)n2-c2ccccc2F)cc1. The summed E-state index contributed by atoms with van der Waals surface area (Å²) in [6.07, 6.45) is 0. The fourth-order valence-electron chi connectivity index (χ4n) is 4.24. The predicted molar refractivity (Wildman–Crippen MR) is 141 cm³/mol. The normalized spacial score (nSPS) is 14.2. The summed E-state index contributed by atoms with van der Waals surface area (Å²) >= 11 is 1.47. The van der Waals surface area contributed by atoms with E-state index in [0.717, 1.165) is 42.9 Å². The molecule has 0 atom stereocenters. The second-order valence-corrected chi connectivity index (χ2v) is 9.99. The Morgan fingerprint density at radius 2 is 1.69 bits per heavy atom. The number of benzene rings is 3. The van der Waals surface area contributed by atoms with Crippen molar-refractivity contribution < 1.29 is 9.18 Å². The molecule has 3 aromatic carbocycles. The van der Waals surface area contributed by atoms with Gasteiger partial charge in [0.25, 0.3) is 5.91 Å². The van der Waals surface area contributed by atoms with Crippen molar-refractivity contribution in [1.82, 2.24) is 24.6 Å². The van der Waals surface area contributed by atoms with E-state index in [2.05, 4.69) is 22.1 Å². The van der Waals surface area contributed by atoms with Gasteiger partial charge in [0.05, 0.1) is 5.69 Å². The lowest BCUT2D eigenvalue weighted by molar-refractivity contribution is 0.0664. The third kappa shape index (κ3) is 5.20. The Morgan fingerprint density at radius 3 is 2.44 bits per heavy atom. The number of hydrogen-bond donors (Lipinski definition) is 0. The molecule has 0 spiro atoms. The van der Waals surface area contributed by atoms with Crippen LogP contribution in [-0.4, -0.2) is 63.7 Å². The maximum absolute atomic E-state index is 14.9. The van der Waals surface area contributed by atoms with Crippen LogP contribution in [0.1, 0.15) is 21.5 Å². The summed E-state index contributed by atoms with van der Waals surface area (Å²) in [6, 6.07) is 22.3. The van der Waals surface area contributed by atoms with Crippen molar-refractivity contribution in [2.24, 2.45) is 0 Å². The first-order valence-corrected chi connectivity index (χ1v) is 12.9. The van der Waals surface area contributed by atoms with Gasteiger partial charge in [-0.15, -0.1) is 10.2 Å². The molecule has 6 nitrogen and oxygen atoms in total. The van der Waals surface area contributed by atoms with Crippen LogP contribution in [0.15, 0.2) is 78.0 Å². The third-order valence-corrected chi connectivity index (χ3v) is 7.37. The maximum Gasteiger partial charge on any atom is 0.253 e. The fourth-order valence-corrected chi connectivity index (χ4v) is 5.13. The molecular formula is C28H28FN5OS. The van der Waals surface area contributed by atoms with E-state index in [1.807, 2.05) is 60.4 Å². The highest BCUT2D eigenvalue weighted by Crippen LogP contribution is 2.31. The number of piperazine rings is 1. The Labute approximate surface area is 214 Å². The molecular weight excluding hydrogens is 473 g/mol. The molecule has 5 rings (SSSR count). The van der Waals surface area contributed by atoms with Gasteiger partial charge in [0.15, 0.2) is 11.0 Å². The standard InChI is InChI=1S/C28H28FN5OS/c1-20-10-12-22(13-11-20)26-30-31-28(34(26)25-9-4-3-8-24(25)29)36-19-21-6-5-7-23(18-21)27(35)33-16-14-32(2)15-17-33/h3-13,18H,14-17,19H2,1-2H3. The molecule has 1 saturated heterocycles. The number of carbonyl (C=O) groups is 1. The Kier molecular flexibility index (Phi) is 7.16. The lowest BCUT2D eigenvalue weighted by Gasteiger charge is -2.32. The Bertz CT molecular complexity index is 1360. The molecule has 2 heterocycles. The zero-order valence-electron chi connectivity index (χ0n) is 20.4. The van der Waals surface area contributed by atoms with E-state index >= 15 is 0 Å². The number of thioether (sulfide) groups is 1. The predicted octanol–water partition coefficient (Wildman–Crippen LogP) is 5.06. The molecule has 0 bridgehead atoms. The van der Waals surface area contributed by atoms with Gasteiger partial charge in [0.1, 0.15) is 5.82 Å². The summed E-state index contributed by atoms with van der Waals surface area (Å²) < 4.78 is 16.6. The van der Waals surface area contributed by atoms with Gasteiger partial charge in [-0.3, -0.25) is 9.36 Å². The minimum absolute atomic E-state index is 0.0612. The van der Waals surface area contributed by atoms with Gasteiger partial charge in [0.2, 0.25) is 0 Å². The second kappa shape index (κ2) is 10.6. The molecule has 4 aromatic rings. The van der Waals surface area contributed by atoms with Crippen molar-refractivity contribution in [2.45, 2.75) is 17.8 Å². The largest absolute Gasteiger partial charge is 0.336 e. The minimum atomic E-state index is -0.340. The van der Waals surface area contributed by atoms with Crippen LogP contribution in [0.4, 0.5) is 4.39 Å². The van der Waals surface area contributed by atoms with Crippen molar-refractivity contribution in [1.29, 1.82) is 0 Å². The first-order chi connectivity index (χ1) is 17.5. The monoisotopic (exact) mass is 501 g/mol. The molecule has 36 heavy (non-hydrogen) atoms. The van der Waals surface area contributed by atoms with Gasteiger partial charge in [0, 0.05) is 43.1 Å². The van der Waals surface area contributed by atoms with Crippen molar-refractivity contribution in [3.05, 3.63) is 95.3 Å². The Morgan fingerprint density at radius 1 is 0.944 bits per heavy atom. The van der Waals surface area contributed by atoms with Crippen LogP contribution in [0, 0.1) is 12.7 Å². The van der Waals surface area contributed by atoms with E-state index in [9.17, 15) is 9.18 Å². The number of likely N-dealkylation sites (N-methyl/N-ethyl adjacent to an activating group) is 1. The zero-order chi connectivity index (χ0) is 25.1. The number of rotatable bonds is 6. The molecule has 0 N–H and O–H groups in total. The zero-order valence-corrected chi connectivity index (χ0v) is 21.2. The number of amides is 1. The van der Waals surface area contributed by atoms with Crippen LogP contribution in [0.25, 0.3) is 17.1 Å². The minimum Gasteiger partial charge on any atom is -0.336 e. The molecule has 1 fully saturated rings. The second-order valence-electron chi connectivity index (χ2n) is 9.04. The summed E-state index contributed by atoms with van der Waals surface area (Å²) in [5.74, 6) is 0.879. The third-order valence-electron chi connectivity index (χ3n) is 6.37. The Balaban J connectivity index is 1.40. The van der Waals surface area contributed by atoms with Gasteiger partial charge in [-0.25, -0.2) is 4.39 Å².